The first-order chi connectivity index (χ1) is 24.0. The Balaban J connectivity index is 1.48. The minimum absolute atomic E-state index is 0.134. The van der Waals surface area contributed by atoms with E-state index in [4.69, 9.17) is 21.1 Å². The van der Waals surface area contributed by atoms with Gasteiger partial charge in [0.1, 0.15) is 30.2 Å². The quantitative estimate of drug-likeness (QED) is 0.165. The molecule has 4 aromatic rings. The van der Waals surface area contributed by atoms with Crippen LogP contribution in [0.15, 0.2) is 71.2 Å². The summed E-state index contributed by atoms with van der Waals surface area (Å²) in [6.07, 6.45) is -3.29. The molecule has 0 radical (unpaired) electrons. The van der Waals surface area contributed by atoms with E-state index < -0.39 is 29.3 Å². The van der Waals surface area contributed by atoms with Gasteiger partial charge in [0.15, 0.2) is 12.0 Å². The maximum atomic E-state index is 13.5. The number of hydrogen-bond acceptors (Lipinski definition) is 10. The summed E-state index contributed by atoms with van der Waals surface area (Å²) >= 11 is 7.87. The van der Waals surface area contributed by atoms with Crippen LogP contribution in [0, 0.1) is 23.1 Å². The maximum absolute atomic E-state index is 13.5. The Morgan fingerprint density at radius 3 is 2.39 bits per heavy atom. The third-order valence-electron chi connectivity index (χ3n) is 7.54. The Kier molecular flexibility index (Phi) is 10.5. The predicted molar refractivity (Wildman–Crippen MR) is 194 cm³/mol. The molecule has 1 unspecified atom stereocenters. The summed E-state index contributed by atoms with van der Waals surface area (Å²) in [7, 11) is 1.31. The second kappa shape index (κ2) is 14.5. The van der Waals surface area contributed by atoms with Gasteiger partial charge in [-0.15, -0.1) is 11.3 Å². The van der Waals surface area contributed by atoms with Crippen molar-refractivity contribution < 1.29 is 33.7 Å². The van der Waals surface area contributed by atoms with Crippen LogP contribution in [-0.4, -0.2) is 66.9 Å². The van der Waals surface area contributed by atoms with Gasteiger partial charge in [-0.2, -0.15) is 4.90 Å². The molecule has 3 N–H and O–H groups in total. The number of thiophene rings is 1. The molecule has 1 aliphatic rings. The molecule has 0 aliphatic carbocycles. The van der Waals surface area contributed by atoms with Crippen molar-refractivity contribution in [2.24, 2.45) is 10.4 Å². The predicted octanol–water partition coefficient (Wildman–Crippen LogP) is 8.56. The second-order valence-corrected chi connectivity index (χ2v) is 14.9. The van der Waals surface area contributed by atoms with E-state index in [1.165, 1.54) is 36.9 Å². The molecule has 2 aromatic carbocycles. The largest absolute Gasteiger partial charge is 0.487 e. The molecule has 2 aromatic heterocycles. The Bertz CT molecular complexity index is 2110. The van der Waals surface area contributed by atoms with Crippen molar-refractivity contribution >= 4 is 62.7 Å². The van der Waals surface area contributed by atoms with Crippen molar-refractivity contribution in [1.29, 1.82) is 0 Å². The summed E-state index contributed by atoms with van der Waals surface area (Å²) in [5.41, 5.74) is 1.38. The highest BCUT2D eigenvalue weighted by atomic mass is 35.5. The number of fused-ring (bicyclic) bond motifs is 1. The van der Waals surface area contributed by atoms with Crippen LogP contribution in [-0.2, 0) is 11.3 Å². The standard InChI is InChI=1S/C36H36ClFN6O6S/c1-35(2,3)29-25(42-31(49-7)32(44(29)36(4,5)6)43(33(45)46)34(47)48)13-12-23-17-26-28(51-23)30(40-19-39-26)41-22-11-14-27(24(37)16-22)50-18-20-9-8-10-21(38)15-20/h8-11,14-17,19,32H,18H2,1-7H3,(H,45,46)(H,47,48)(H,39,40,41). The number of anilines is 2. The summed E-state index contributed by atoms with van der Waals surface area (Å²) in [6, 6.07) is 13.2. The van der Waals surface area contributed by atoms with Crippen LogP contribution in [0.4, 0.5) is 25.5 Å². The van der Waals surface area contributed by atoms with E-state index in [-0.39, 0.29) is 23.2 Å². The molecule has 5 rings (SSSR count). The van der Waals surface area contributed by atoms with E-state index in [1.54, 1.807) is 35.2 Å². The smallest absolute Gasteiger partial charge is 0.419 e. The molecule has 0 saturated carbocycles. The zero-order valence-corrected chi connectivity index (χ0v) is 30.5. The van der Waals surface area contributed by atoms with E-state index in [9.17, 15) is 24.2 Å². The maximum Gasteiger partial charge on any atom is 0.419 e. The van der Waals surface area contributed by atoms with Crippen LogP contribution in [0.5, 0.6) is 5.75 Å². The molecule has 2 amide bonds. The molecule has 0 bridgehead atoms. The van der Waals surface area contributed by atoms with Gasteiger partial charge in [0, 0.05) is 16.6 Å². The Labute approximate surface area is 303 Å². The van der Waals surface area contributed by atoms with E-state index in [0.29, 0.717) is 49.6 Å². The fraction of sp³-hybridized carbons (Fsp3) is 0.306. The first-order valence-corrected chi connectivity index (χ1v) is 16.8. The van der Waals surface area contributed by atoms with Gasteiger partial charge in [-0.05, 0) is 74.6 Å². The molecule has 3 heterocycles. The van der Waals surface area contributed by atoms with Gasteiger partial charge >= 0.3 is 12.2 Å². The molecular weight excluding hydrogens is 699 g/mol. The summed E-state index contributed by atoms with van der Waals surface area (Å²) in [5, 5.41) is 23.4. The number of imide groups is 1. The van der Waals surface area contributed by atoms with Gasteiger partial charge in [0.2, 0.25) is 5.90 Å². The summed E-state index contributed by atoms with van der Waals surface area (Å²) in [5.74, 6) is 6.80. The van der Waals surface area contributed by atoms with Gasteiger partial charge in [-0.1, -0.05) is 44.5 Å². The number of aliphatic imine (C=N–C) groups is 1. The van der Waals surface area contributed by atoms with Crippen LogP contribution in [0.1, 0.15) is 52.0 Å². The number of benzene rings is 2. The summed E-state index contributed by atoms with van der Waals surface area (Å²) in [4.78, 5) is 40.4. The Morgan fingerprint density at radius 1 is 1.06 bits per heavy atom. The molecule has 1 atom stereocenters. The van der Waals surface area contributed by atoms with Gasteiger partial charge in [0.05, 0.1) is 32.9 Å². The number of halogens is 2. The van der Waals surface area contributed by atoms with E-state index in [1.807, 2.05) is 47.6 Å². The number of rotatable bonds is 6. The molecule has 0 saturated heterocycles. The highest BCUT2D eigenvalue weighted by Gasteiger charge is 2.49. The third kappa shape index (κ3) is 8.16. The summed E-state index contributed by atoms with van der Waals surface area (Å²) in [6.45, 7) is 11.4. The molecule has 0 fully saturated rings. The number of methoxy groups -OCH3 is 1. The molecule has 0 spiro atoms. The van der Waals surface area contributed by atoms with Crippen molar-refractivity contribution in [2.75, 3.05) is 12.4 Å². The second-order valence-electron chi connectivity index (χ2n) is 13.4. The van der Waals surface area contributed by atoms with Crippen molar-refractivity contribution in [3.05, 3.63) is 87.5 Å². The van der Waals surface area contributed by atoms with E-state index in [0.717, 1.165) is 4.70 Å². The van der Waals surface area contributed by atoms with Gasteiger partial charge in [-0.25, -0.2) is 28.9 Å². The Morgan fingerprint density at radius 2 is 1.78 bits per heavy atom. The molecule has 266 valence electrons. The number of amides is 2. The topological polar surface area (TPSA) is 150 Å². The lowest BCUT2D eigenvalue weighted by Crippen LogP contribution is -2.64. The highest BCUT2D eigenvalue weighted by Crippen LogP contribution is 2.41. The molecule has 1 aliphatic heterocycles. The number of carboxylic acid groups (broad SMARTS) is 2. The SMILES string of the molecule is COC1=NC(C#Cc2cc3ncnc(Nc4ccc(OCc5cccc(F)c5)c(Cl)c4)c3s2)=C(C(C)(C)C)N(C(C)(C)C)C1N(C(=O)O)C(=O)O. The first-order valence-electron chi connectivity index (χ1n) is 15.6. The van der Waals surface area contributed by atoms with Crippen molar-refractivity contribution in [3.8, 4) is 17.6 Å². The molecule has 15 heteroatoms. The van der Waals surface area contributed by atoms with Crippen LogP contribution in [0.2, 0.25) is 5.02 Å². The van der Waals surface area contributed by atoms with Crippen LogP contribution in [0.25, 0.3) is 10.2 Å². The van der Waals surface area contributed by atoms with Gasteiger partial charge in [-0.3, -0.25) is 0 Å². The number of carbonyl (C=O) groups is 2. The number of hydrogen-bond donors (Lipinski definition) is 3. The molecule has 51 heavy (non-hydrogen) atoms. The van der Waals surface area contributed by atoms with Crippen LogP contribution in [0.3, 0.4) is 0 Å². The number of nitrogens with one attached hydrogen (secondary N) is 1. The summed E-state index contributed by atoms with van der Waals surface area (Å²) < 4.78 is 25.6. The fourth-order valence-electron chi connectivity index (χ4n) is 5.49. The van der Waals surface area contributed by atoms with E-state index in [2.05, 4.69) is 32.1 Å². The number of nitrogens with zero attached hydrogens (tertiary/aromatic N) is 5. The average molecular weight is 735 g/mol. The normalized spacial score (nSPS) is 14.8. The minimum Gasteiger partial charge on any atom is -0.487 e. The fourth-order valence-corrected chi connectivity index (χ4v) is 6.63. The van der Waals surface area contributed by atoms with Crippen molar-refractivity contribution in [2.45, 2.75) is 59.9 Å². The van der Waals surface area contributed by atoms with Crippen molar-refractivity contribution in [3.63, 3.8) is 0 Å². The number of aromatic nitrogens is 2. The lowest BCUT2D eigenvalue weighted by molar-refractivity contribution is 0.0261. The van der Waals surface area contributed by atoms with E-state index >= 15 is 0 Å². The third-order valence-corrected chi connectivity index (χ3v) is 8.89. The lowest BCUT2D eigenvalue weighted by atomic mass is 9.85. The Hall–Kier alpha value is -5.39. The highest BCUT2D eigenvalue weighted by molar-refractivity contribution is 7.20. The van der Waals surface area contributed by atoms with Crippen molar-refractivity contribution in [1.82, 2.24) is 19.8 Å². The lowest BCUT2D eigenvalue weighted by Gasteiger charge is -2.51. The van der Waals surface area contributed by atoms with Gasteiger partial charge in [0.25, 0.3) is 0 Å². The first kappa shape index (κ1) is 36.9. The molecule has 12 nitrogen and oxygen atoms in total. The minimum atomic E-state index is -1.67. The average Bonchev–Trinajstić information content (AvgIpc) is 3.46. The zero-order chi connectivity index (χ0) is 37.2. The molecular formula is C36H36ClFN6O6S. The van der Waals surface area contributed by atoms with Gasteiger partial charge < -0.3 is 29.9 Å². The number of ether oxygens (including phenoxy) is 2. The number of allylic oxidation sites excluding steroid dienone is 2. The monoisotopic (exact) mass is 734 g/mol. The van der Waals surface area contributed by atoms with Crippen LogP contribution < -0.4 is 10.1 Å². The zero-order valence-electron chi connectivity index (χ0n) is 28.9. The van der Waals surface area contributed by atoms with Crippen LogP contribution >= 0.6 is 22.9 Å².